The Labute approximate surface area is 129 Å². The lowest BCUT2D eigenvalue weighted by atomic mass is 9.79. The van der Waals surface area contributed by atoms with Gasteiger partial charge < -0.3 is 9.47 Å². The van der Waals surface area contributed by atoms with E-state index in [2.05, 4.69) is 13.2 Å². The molecule has 0 aromatic heterocycles. The van der Waals surface area contributed by atoms with Crippen molar-refractivity contribution in [2.45, 2.75) is 38.9 Å². The van der Waals surface area contributed by atoms with E-state index >= 15 is 0 Å². The number of Topliss-reactive ketones (excluding diaryl/α,β-unsaturated/α-hetero) is 1. The minimum Gasteiger partial charge on any atom is -0.461 e. The van der Waals surface area contributed by atoms with Crippen molar-refractivity contribution < 1.29 is 23.9 Å². The maximum atomic E-state index is 12.1. The topological polar surface area (TPSA) is 69.7 Å². The molecule has 5 heteroatoms. The molecular weight excluding hydrogens is 284 g/mol. The quantitative estimate of drug-likeness (QED) is 0.420. The van der Waals surface area contributed by atoms with Crippen LogP contribution in [0.3, 0.4) is 0 Å². The van der Waals surface area contributed by atoms with E-state index < -0.39 is 30.1 Å². The fourth-order valence-electron chi connectivity index (χ4n) is 4.26. The number of carbonyl (C=O) groups excluding carboxylic acids is 3. The van der Waals surface area contributed by atoms with Crippen molar-refractivity contribution in [3.05, 3.63) is 24.3 Å². The van der Waals surface area contributed by atoms with Gasteiger partial charge in [0.15, 0.2) is 0 Å². The van der Waals surface area contributed by atoms with E-state index in [1.54, 1.807) is 0 Å². The summed E-state index contributed by atoms with van der Waals surface area (Å²) in [6.45, 7) is 11.1. The number of esters is 2. The van der Waals surface area contributed by atoms with Crippen LogP contribution >= 0.6 is 0 Å². The van der Waals surface area contributed by atoms with Gasteiger partial charge in [0.2, 0.25) is 0 Å². The molecule has 0 bridgehead atoms. The second-order valence-corrected chi connectivity index (χ2v) is 6.57. The molecule has 0 N–H and O–H groups in total. The molecule has 2 saturated carbocycles. The van der Waals surface area contributed by atoms with Gasteiger partial charge in [-0.25, -0.2) is 4.79 Å². The van der Waals surface area contributed by atoms with E-state index in [1.807, 2.05) is 6.92 Å². The average Bonchev–Trinajstić information content (AvgIpc) is 2.83. The van der Waals surface area contributed by atoms with Gasteiger partial charge in [-0.3, -0.25) is 9.59 Å². The Morgan fingerprint density at radius 1 is 1.27 bits per heavy atom. The summed E-state index contributed by atoms with van der Waals surface area (Å²) in [4.78, 5) is 35.5. The minimum absolute atomic E-state index is 0.0192. The molecule has 1 heterocycles. The lowest BCUT2D eigenvalue weighted by molar-refractivity contribution is -0.151. The molecule has 1 saturated heterocycles. The van der Waals surface area contributed by atoms with E-state index in [4.69, 9.17) is 9.47 Å². The molecular formula is C17H20O5. The molecule has 0 spiro atoms. The Kier molecular flexibility index (Phi) is 3.46. The van der Waals surface area contributed by atoms with Crippen LogP contribution in [0.5, 0.6) is 0 Å². The second-order valence-electron chi connectivity index (χ2n) is 6.57. The zero-order valence-electron chi connectivity index (χ0n) is 12.8. The predicted molar refractivity (Wildman–Crippen MR) is 77.6 cm³/mol. The summed E-state index contributed by atoms with van der Waals surface area (Å²) in [5, 5.41) is 0. The minimum atomic E-state index is -0.498. The first kappa shape index (κ1) is 15.0. The van der Waals surface area contributed by atoms with Crippen LogP contribution in [-0.4, -0.2) is 29.9 Å². The summed E-state index contributed by atoms with van der Waals surface area (Å²) in [5.74, 6) is -1.39. The summed E-state index contributed by atoms with van der Waals surface area (Å²) < 4.78 is 11.0. The molecule has 3 fully saturated rings. The van der Waals surface area contributed by atoms with E-state index in [9.17, 15) is 14.4 Å². The van der Waals surface area contributed by atoms with Gasteiger partial charge in [-0.1, -0.05) is 25.7 Å². The normalized spacial score (nSPS) is 40.8. The Morgan fingerprint density at radius 3 is 2.59 bits per heavy atom. The first-order valence-electron chi connectivity index (χ1n) is 7.58. The van der Waals surface area contributed by atoms with E-state index in [-0.39, 0.29) is 23.5 Å². The van der Waals surface area contributed by atoms with Gasteiger partial charge in [0.1, 0.15) is 18.0 Å². The van der Waals surface area contributed by atoms with Crippen LogP contribution in [0.1, 0.15) is 26.7 Å². The lowest BCUT2D eigenvalue weighted by Crippen LogP contribution is -2.37. The molecule has 5 nitrogen and oxygen atoms in total. The standard InChI is InChI=1S/C17H20O5/c1-7-5-13(21-10(4)18)15-9(3)17(20)22-16(15)14-8(2)12(19)6-11(7)14/h8,11,13-16H,1,3,5-6H2,2,4H3. The average molecular weight is 304 g/mol. The van der Waals surface area contributed by atoms with Crippen molar-refractivity contribution in [2.24, 2.45) is 23.7 Å². The highest BCUT2D eigenvalue weighted by molar-refractivity contribution is 5.92. The number of fused-ring (bicyclic) bond motifs is 3. The van der Waals surface area contributed by atoms with Crippen molar-refractivity contribution in [1.29, 1.82) is 0 Å². The molecule has 6 unspecified atom stereocenters. The third-order valence-electron chi connectivity index (χ3n) is 5.32. The van der Waals surface area contributed by atoms with Gasteiger partial charge in [-0.15, -0.1) is 0 Å². The third kappa shape index (κ3) is 2.11. The monoisotopic (exact) mass is 304 g/mol. The van der Waals surface area contributed by atoms with Crippen LogP contribution in [0.4, 0.5) is 0 Å². The highest BCUT2D eigenvalue weighted by Crippen LogP contribution is 2.51. The van der Waals surface area contributed by atoms with Gasteiger partial charge >= 0.3 is 11.9 Å². The zero-order valence-corrected chi connectivity index (χ0v) is 12.8. The fourth-order valence-corrected chi connectivity index (χ4v) is 4.26. The van der Waals surface area contributed by atoms with Gasteiger partial charge in [0.25, 0.3) is 0 Å². The lowest BCUT2D eigenvalue weighted by Gasteiger charge is -2.29. The molecule has 0 radical (unpaired) electrons. The molecule has 118 valence electrons. The van der Waals surface area contributed by atoms with Crippen LogP contribution in [0, 0.1) is 23.7 Å². The highest BCUT2D eigenvalue weighted by Gasteiger charge is 2.57. The smallest absolute Gasteiger partial charge is 0.334 e. The molecule has 1 aliphatic heterocycles. The number of rotatable bonds is 1. The molecule has 2 aliphatic carbocycles. The molecule has 3 rings (SSSR count). The third-order valence-corrected chi connectivity index (χ3v) is 5.32. The molecule has 22 heavy (non-hydrogen) atoms. The number of ether oxygens (including phenoxy) is 2. The Morgan fingerprint density at radius 2 is 1.95 bits per heavy atom. The van der Waals surface area contributed by atoms with Crippen molar-refractivity contribution in [3.8, 4) is 0 Å². The van der Waals surface area contributed by atoms with Crippen LogP contribution < -0.4 is 0 Å². The summed E-state index contributed by atoms with van der Waals surface area (Å²) in [6.07, 6.45) is -0.0978. The second kappa shape index (κ2) is 5.07. The maximum Gasteiger partial charge on any atom is 0.334 e. The number of carbonyl (C=O) groups is 3. The molecule has 0 aromatic carbocycles. The van der Waals surface area contributed by atoms with Crippen molar-refractivity contribution in [2.75, 3.05) is 0 Å². The molecule has 0 amide bonds. The van der Waals surface area contributed by atoms with Crippen molar-refractivity contribution >= 4 is 17.7 Å². The Bertz CT molecular complexity index is 590. The van der Waals surface area contributed by atoms with Gasteiger partial charge in [0.05, 0.1) is 5.92 Å². The van der Waals surface area contributed by atoms with Crippen LogP contribution in [0.15, 0.2) is 24.3 Å². The van der Waals surface area contributed by atoms with Gasteiger partial charge in [0, 0.05) is 37.2 Å². The zero-order chi connectivity index (χ0) is 16.2. The molecule has 6 atom stereocenters. The number of hydrogen-bond acceptors (Lipinski definition) is 5. The van der Waals surface area contributed by atoms with E-state index in [1.165, 1.54) is 6.92 Å². The molecule has 3 aliphatic rings. The summed E-state index contributed by atoms with van der Waals surface area (Å²) >= 11 is 0. The highest BCUT2D eigenvalue weighted by atomic mass is 16.6. The van der Waals surface area contributed by atoms with E-state index in [0.29, 0.717) is 18.4 Å². The first-order chi connectivity index (χ1) is 10.3. The summed E-state index contributed by atoms with van der Waals surface area (Å²) in [6, 6.07) is 0. The van der Waals surface area contributed by atoms with Crippen LogP contribution in [0.25, 0.3) is 0 Å². The largest absolute Gasteiger partial charge is 0.461 e. The SMILES string of the molecule is C=C1CC(OC(C)=O)C2C(=C)C(=O)OC2C2C(C)C(=O)CC12. The molecule has 0 aromatic rings. The number of hydrogen-bond donors (Lipinski definition) is 0. The summed E-state index contributed by atoms with van der Waals surface area (Å²) in [5.41, 5.74) is 1.23. The Hall–Kier alpha value is -1.91. The van der Waals surface area contributed by atoms with Crippen molar-refractivity contribution in [3.63, 3.8) is 0 Å². The van der Waals surface area contributed by atoms with Gasteiger partial charge in [-0.05, 0) is 5.92 Å². The van der Waals surface area contributed by atoms with Gasteiger partial charge in [-0.2, -0.15) is 0 Å². The summed E-state index contributed by atoms with van der Waals surface area (Å²) in [7, 11) is 0. The predicted octanol–water partition coefficient (Wildman–Crippen LogP) is 1.82. The van der Waals surface area contributed by atoms with E-state index in [0.717, 1.165) is 5.57 Å². The maximum absolute atomic E-state index is 12.1. The van der Waals surface area contributed by atoms with Crippen LogP contribution in [0.2, 0.25) is 0 Å². The van der Waals surface area contributed by atoms with Crippen molar-refractivity contribution in [1.82, 2.24) is 0 Å². The first-order valence-corrected chi connectivity index (χ1v) is 7.58. The fraction of sp³-hybridized carbons (Fsp3) is 0.588. The number of ketones is 1. The Balaban J connectivity index is 2.03. The van der Waals surface area contributed by atoms with Crippen LogP contribution in [-0.2, 0) is 23.9 Å².